The molecule has 0 heterocycles. The van der Waals surface area contributed by atoms with Gasteiger partial charge >= 0.3 is 5.97 Å². The van der Waals surface area contributed by atoms with E-state index >= 15 is 0 Å². The van der Waals surface area contributed by atoms with Crippen LogP contribution in [0.15, 0.2) is 12.2 Å². The Morgan fingerprint density at radius 1 is 0.467 bits per heavy atom. The molecular weight excluding hydrogens is 743 g/mol. The van der Waals surface area contributed by atoms with Crippen LogP contribution in [0.2, 0.25) is 0 Å². The fourth-order valence-corrected chi connectivity index (χ4v) is 8.49. The molecule has 60 heavy (non-hydrogen) atoms. The van der Waals surface area contributed by atoms with Gasteiger partial charge in [0, 0.05) is 6.42 Å². The number of rotatable bonds is 49. The molecule has 0 aliphatic heterocycles. The highest BCUT2D eigenvalue weighted by molar-refractivity contribution is 5.77. The SMILES string of the molecule is CCCCCCCC/C=C/CCCCCCCCCC(=O)OC(CCCCCCCCCCCCC)CC(=O)NC(CO)C(O)CCCCCCCCCCCCCCC. The van der Waals surface area contributed by atoms with Crippen LogP contribution in [0.5, 0.6) is 0 Å². The monoisotopic (exact) mass is 848 g/mol. The minimum atomic E-state index is -0.782. The lowest BCUT2D eigenvalue weighted by Gasteiger charge is -2.24. The van der Waals surface area contributed by atoms with Crippen molar-refractivity contribution in [3.63, 3.8) is 0 Å². The Morgan fingerprint density at radius 3 is 1.18 bits per heavy atom. The summed E-state index contributed by atoms with van der Waals surface area (Å²) < 4.78 is 5.94. The van der Waals surface area contributed by atoms with E-state index in [9.17, 15) is 19.8 Å². The minimum Gasteiger partial charge on any atom is -0.462 e. The molecule has 0 saturated heterocycles. The van der Waals surface area contributed by atoms with Gasteiger partial charge in [-0.05, 0) is 51.4 Å². The Labute approximate surface area is 374 Å². The molecule has 0 aromatic rings. The third-order valence-electron chi connectivity index (χ3n) is 12.6. The van der Waals surface area contributed by atoms with Crippen LogP contribution < -0.4 is 5.32 Å². The van der Waals surface area contributed by atoms with E-state index in [0.717, 1.165) is 44.9 Å². The third kappa shape index (κ3) is 43.3. The van der Waals surface area contributed by atoms with Crippen LogP contribution in [0.4, 0.5) is 0 Å². The van der Waals surface area contributed by atoms with Crippen LogP contribution in [0.25, 0.3) is 0 Å². The Balaban J connectivity index is 4.47. The van der Waals surface area contributed by atoms with E-state index in [2.05, 4.69) is 38.2 Å². The number of allylic oxidation sites excluding steroid dienone is 2. The average molecular weight is 848 g/mol. The van der Waals surface area contributed by atoms with Gasteiger partial charge in [-0.15, -0.1) is 0 Å². The van der Waals surface area contributed by atoms with Crippen molar-refractivity contribution in [3.8, 4) is 0 Å². The standard InChI is InChI=1S/C54H105NO5/c1-4-7-10-13-16-19-22-24-25-26-27-29-32-35-38-41-44-47-54(59)60-50(45-42-39-36-33-30-21-18-15-12-9-6-3)48-53(58)55-51(49-56)52(57)46-43-40-37-34-31-28-23-20-17-14-11-8-5-2/h24-25,50-52,56-57H,4-23,26-49H2,1-3H3,(H,55,58)/b25-24+. The van der Waals surface area contributed by atoms with Crippen molar-refractivity contribution in [1.29, 1.82) is 0 Å². The zero-order valence-electron chi connectivity index (χ0n) is 40.6. The molecule has 0 saturated carbocycles. The summed E-state index contributed by atoms with van der Waals surface area (Å²) in [6.45, 7) is 6.50. The molecule has 3 unspecified atom stereocenters. The van der Waals surface area contributed by atoms with Crippen LogP contribution in [0, 0.1) is 0 Å². The van der Waals surface area contributed by atoms with E-state index in [1.165, 1.54) is 205 Å². The molecule has 0 aliphatic rings. The minimum absolute atomic E-state index is 0.0830. The first-order valence-electron chi connectivity index (χ1n) is 26.9. The van der Waals surface area contributed by atoms with Crippen LogP contribution in [0.3, 0.4) is 0 Å². The molecule has 0 bridgehead atoms. The predicted octanol–water partition coefficient (Wildman–Crippen LogP) is 16.1. The maximum Gasteiger partial charge on any atom is 0.306 e. The molecule has 3 atom stereocenters. The Morgan fingerprint density at radius 2 is 0.800 bits per heavy atom. The summed E-state index contributed by atoms with van der Waals surface area (Å²) in [5.74, 6) is -0.461. The summed E-state index contributed by atoms with van der Waals surface area (Å²) in [6, 6.07) is -0.695. The fraction of sp³-hybridized carbons (Fsp3) is 0.926. The lowest BCUT2D eigenvalue weighted by Crippen LogP contribution is -2.46. The van der Waals surface area contributed by atoms with Crippen LogP contribution in [0.1, 0.15) is 297 Å². The number of hydrogen-bond acceptors (Lipinski definition) is 5. The summed E-state index contributed by atoms with van der Waals surface area (Å²) in [5, 5.41) is 23.8. The van der Waals surface area contributed by atoms with Crippen molar-refractivity contribution >= 4 is 11.9 Å². The van der Waals surface area contributed by atoms with Gasteiger partial charge in [-0.3, -0.25) is 9.59 Å². The summed E-state index contributed by atoms with van der Waals surface area (Å²) in [7, 11) is 0. The lowest BCUT2D eigenvalue weighted by atomic mass is 10.0. The van der Waals surface area contributed by atoms with Crippen molar-refractivity contribution in [2.75, 3.05) is 6.61 Å². The van der Waals surface area contributed by atoms with Gasteiger partial charge in [0.2, 0.25) is 5.91 Å². The van der Waals surface area contributed by atoms with Gasteiger partial charge in [0.05, 0.1) is 25.2 Å². The number of hydrogen-bond donors (Lipinski definition) is 3. The molecule has 6 heteroatoms. The quantitative estimate of drug-likeness (QED) is 0.0322. The predicted molar refractivity (Wildman–Crippen MR) is 260 cm³/mol. The Kier molecular flexibility index (Phi) is 47.5. The normalized spacial score (nSPS) is 13.2. The number of aliphatic hydroxyl groups excluding tert-OH is 2. The second-order valence-corrected chi connectivity index (χ2v) is 18.6. The van der Waals surface area contributed by atoms with E-state index in [0.29, 0.717) is 19.3 Å². The van der Waals surface area contributed by atoms with Crippen molar-refractivity contribution in [1.82, 2.24) is 5.32 Å². The molecule has 0 aromatic carbocycles. The number of nitrogens with one attached hydrogen (secondary N) is 1. The van der Waals surface area contributed by atoms with E-state index < -0.39 is 18.2 Å². The van der Waals surface area contributed by atoms with Crippen molar-refractivity contribution in [2.24, 2.45) is 0 Å². The van der Waals surface area contributed by atoms with Crippen molar-refractivity contribution in [3.05, 3.63) is 12.2 Å². The second-order valence-electron chi connectivity index (χ2n) is 18.6. The van der Waals surface area contributed by atoms with Crippen molar-refractivity contribution in [2.45, 2.75) is 315 Å². The zero-order chi connectivity index (χ0) is 43.8. The molecule has 0 rings (SSSR count). The highest BCUT2D eigenvalue weighted by Gasteiger charge is 2.24. The van der Waals surface area contributed by atoms with Gasteiger partial charge in [0.1, 0.15) is 6.10 Å². The fourth-order valence-electron chi connectivity index (χ4n) is 8.49. The van der Waals surface area contributed by atoms with E-state index in [-0.39, 0.29) is 24.9 Å². The molecular formula is C54H105NO5. The molecule has 0 aliphatic carbocycles. The molecule has 0 fully saturated rings. The first-order valence-corrected chi connectivity index (χ1v) is 26.9. The number of amides is 1. The first-order chi connectivity index (χ1) is 29.5. The first kappa shape index (κ1) is 58.6. The molecule has 0 aromatic heterocycles. The molecule has 3 N–H and O–H groups in total. The van der Waals surface area contributed by atoms with E-state index in [1.807, 2.05) is 0 Å². The number of carbonyl (C=O) groups is 2. The van der Waals surface area contributed by atoms with Gasteiger partial charge in [-0.1, -0.05) is 245 Å². The summed E-state index contributed by atoms with van der Waals surface area (Å²) in [6.07, 6.45) is 54.1. The third-order valence-corrected chi connectivity index (χ3v) is 12.6. The highest BCUT2D eigenvalue weighted by atomic mass is 16.5. The number of carbonyl (C=O) groups excluding carboxylic acids is 2. The van der Waals surface area contributed by atoms with E-state index in [1.54, 1.807) is 0 Å². The summed E-state index contributed by atoms with van der Waals surface area (Å²) in [5.41, 5.74) is 0. The molecule has 356 valence electrons. The Hall–Kier alpha value is -1.40. The topological polar surface area (TPSA) is 95.9 Å². The number of esters is 1. The molecule has 1 amide bonds. The molecule has 0 spiro atoms. The largest absolute Gasteiger partial charge is 0.462 e. The van der Waals surface area contributed by atoms with Gasteiger partial charge in [0.15, 0.2) is 0 Å². The van der Waals surface area contributed by atoms with Gasteiger partial charge in [-0.25, -0.2) is 0 Å². The summed E-state index contributed by atoms with van der Waals surface area (Å²) in [4.78, 5) is 26.1. The molecule has 6 nitrogen and oxygen atoms in total. The van der Waals surface area contributed by atoms with Gasteiger partial charge < -0.3 is 20.3 Å². The highest BCUT2D eigenvalue weighted by Crippen LogP contribution is 2.18. The second kappa shape index (κ2) is 48.6. The van der Waals surface area contributed by atoms with Crippen LogP contribution in [-0.2, 0) is 14.3 Å². The molecule has 0 radical (unpaired) electrons. The maximum atomic E-state index is 13.2. The summed E-state index contributed by atoms with van der Waals surface area (Å²) >= 11 is 0. The Bertz CT molecular complexity index is 909. The van der Waals surface area contributed by atoms with Crippen molar-refractivity contribution < 1.29 is 24.5 Å². The van der Waals surface area contributed by atoms with E-state index in [4.69, 9.17) is 4.74 Å². The lowest BCUT2D eigenvalue weighted by molar-refractivity contribution is -0.151. The van der Waals surface area contributed by atoms with Crippen LogP contribution in [-0.4, -0.2) is 46.9 Å². The smallest absolute Gasteiger partial charge is 0.306 e. The number of unbranched alkanes of at least 4 members (excludes halogenated alkanes) is 35. The number of ether oxygens (including phenoxy) is 1. The van der Waals surface area contributed by atoms with Gasteiger partial charge in [0.25, 0.3) is 0 Å². The van der Waals surface area contributed by atoms with Gasteiger partial charge in [-0.2, -0.15) is 0 Å². The number of aliphatic hydroxyl groups is 2. The maximum absolute atomic E-state index is 13.2. The average Bonchev–Trinajstić information content (AvgIpc) is 3.24. The zero-order valence-corrected chi connectivity index (χ0v) is 40.6. The van der Waals surface area contributed by atoms with Crippen LogP contribution >= 0.6 is 0 Å².